The van der Waals surface area contributed by atoms with Crippen molar-refractivity contribution in [3.63, 3.8) is 0 Å². The van der Waals surface area contributed by atoms with Crippen LogP contribution >= 0.6 is 0 Å². The fourth-order valence-corrected chi connectivity index (χ4v) is 1.15. The van der Waals surface area contributed by atoms with Gasteiger partial charge < -0.3 is 14.5 Å². The first kappa shape index (κ1) is 14.9. The summed E-state index contributed by atoms with van der Waals surface area (Å²) in [5.74, 6) is -2.63. The molecule has 0 saturated heterocycles. The van der Waals surface area contributed by atoms with Gasteiger partial charge in [-0.3, -0.25) is 4.79 Å². The first-order valence-electron chi connectivity index (χ1n) is 4.55. The van der Waals surface area contributed by atoms with Gasteiger partial charge >= 0.3 is 12.3 Å². The van der Waals surface area contributed by atoms with Crippen molar-refractivity contribution in [3.8, 4) is 5.75 Å². The Morgan fingerprint density at radius 1 is 1.37 bits per heavy atom. The molecule has 1 heterocycles. The van der Waals surface area contributed by atoms with Gasteiger partial charge in [0, 0.05) is 0 Å². The third-order valence-electron chi connectivity index (χ3n) is 1.88. The number of H-pyrrole nitrogens is 1. The molecule has 19 heavy (non-hydrogen) atoms. The molecule has 0 saturated carbocycles. The van der Waals surface area contributed by atoms with E-state index >= 15 is 0 Å². The molecule has 0 fully saturated rings. The number of aromatic amines is 1. The van der Waals surface area contributed by atoms with E-state index in [9.17, 15) is 31.5 Å². The van der Waals surface area contributed by atoms with Gasteiger partial charge in [0.05, 0.1) is 12.7 Å². The summed E-state index contributed by atoms with van der Waals surface area (Å²) in [6.07, 6.45) is -8.55. The second-order valence-electron chi connectivity index (χ2n) is 3.13. The van der Waals surface area contributed by atoms with Gasteiger partial charge in [0.1, 0.15) is 0 Å². The van der Waals surface area contributed by atoms with Crippen LogP contribution in [0.5, 0.6) is 5.75 Å². The average Bonchev–Trinajstić information content (AvgIpc) is 2.27. The number of hydrogen-bond donors (Lipinski definition) is 1. The second kappa shape index (κ2) is 5.24. The molecule has 1 aromatic heterocycles. The van der Waals surface area contributed by atoms with E-state index in [4.69, 9.17) is 0 Å². The average molecular weight is 287 g/mol. The summed E-state index contributed by atoms with van der Waals surface area (Å²) in [5.41, 5.74) is -3.67. The number of hydrogen-bond acceptors (Lipinski definition) is 4. The molecule has 0 aliphatic rings. The highest BCUT2D eigenvalue weighted by molar-refractivity contribution is 5.90. The summed E-state index contributed by atoms with van der Waals surface area (Å²) < 4.78 is 68.5. The van der Waals surface area contributed by atoms with E-state index in [1.165, 1.54) is 0 Å². The first-order chi connectivity index (χ1) is 8.65. The molecule has 10 heteroatoms. The predicted molar refractivity (Wildman–Crippen MR) is 50.0 cm³/mol. The number of aromatic nitrogens is 1. The zero-order valence-corrected chi connectivity index (χ0v) is 9.18. The number of ether oxygens (including phenoxy) is 2. The maximum atomic E-state index is 12.4. The SMILES string of the molecule is COC(=O)c1[nH]c(=O)c(C(F)F)cc1OC(F)(F)F. The van der Waals surface area contributed by atoms with Gasteiger partial charge in [-0.1, -0.05) is 0 Å². The van der Waals surface area contributed by atoms with Crippen molar-refractivity contribution in [2.45, 2.75) is 12.8 Å². The molecule has 0 unspecified atom stereocenters. The lowest BCUT2D eigenvalue weighted by molar-refractivity contribution is -0.274. The predicted octanol–water partition coefficient (Wildman–Crippen LogP) is 2.00. The summed E-state index contributed by atoms with van der Waals surface area (Å²) in [7, 11) is 0.832. The van der Waals surface area contributed by atoms with Crippen LogP contribution in [0.2, 0.25) is 0 Å². The normalized spacial score (nSPS) is 11.5. The maximum absolute atomic E-state index is 12.4. The highest BCUT2D eigenvalue weighted by atomic mass is 19.4. The van der Waals surface area contributed by atoms with Crippen LogP contribution in [0.1, 0.15) is 22.5 Å². The van der Waals surface area contributed by atoms with Crippen molar-refractivity contribution >= 4 is 5.97 Å². The lowest BCUT2D eigenvalue weighted by Gasteiger charge is -2.12. The van der Waals surface area contributed by atoms with E-state index in [-0.39, 0.29) is 6.07 Å². The molecule has 0 aromatic carbocycles. The fraction of sp³-hybridized carbons (Fsp3) is 0.333. The minimum absolute atomic E-state index is 0.142. The van der Waals surface area contributed by atoms with Crippen molar-refractivity contribution < 1.29 is 36.2 Å². The topological polar surface area (TPSA) is 68.4 Å². The Kier molecular flexibility index (Phi) is 4.12. The van der Waals surface area contributed by atoms with Gasteiger partial charge in [0.2, 0.25) is 0 Å². The summed E-state index contributed by atoms with van der Waals surface area (Å²) in [6.45, 7) is 0. The second-order valence-corrected chi connectivity index (χ2v) is 3.13. The van der Waals surface area contributed by atoms with E-state index in [1.54, 1.807) is 4.98 Å². The van der Waals surface area contributed by atoms with E-state index in [0.717, 1.165) is 7.11 Å². The molecule has 5 nitrogen and oxygen atoms in total. The van der Waals surface area contributed by atoms with Crippen LogP contribution in [0.4, 0.5) is 22.0 Å². The van der Waals surface area contributed by atoms with E-state index in [1.807, 2.05) is 0 Å². The highest BCUT2D eigenvalue weighted by Gasteiger charge is 2.34. The molecule has 0 aliphatic carbocycles. The van der Waals surface area contributed by atoms with Gasteiger partial charge in [-0.15, -0.1) is 13.2 Å². The fourth-order valence-electron chi connectivity index (χ4n) is 1.15. The number of nitrogens with one attached hydrogen (secondary N) is 1. The van der Waals surface area contributed by atoms with Crippen LogP contribution in [0.15, 0.2) is 10.9 Å². The molecule has 0 aliphatic heterocycles. The van der Waals surface area contributed by atoms with Crippen LogP contribution in [0.25, 0.3) is 0 Å². The lowest BCUT2D eigenvalue weighted by atomic mass is 10.2. The molecular formula is C9H6F5NO4. The Bertz CT molecular complexity index is 536. The zero-order chi connectivity index (χ0) is 14.8. The molecule has 1 N–H and O–H groups in total. The van der Waals surface area contributed by atoms with Crippen LogP contribution in [-0.4, -0.2) is 24.4 Å². The van der Waals surface area contributed by atoms with Crippen molar-refractivity contribution in [3.05, 3.63) is 27.7 Å². The van der Waals surface area contributed by atoms with Gasteiger partial charge in [0.15, 0.2) is 11.4 Å². The van der Waals surface area contributed by atoms with E-state index in [2.05, 4.69) is 9.47 Å². The van der Waals surface area contributed by atoms with Gasteiger partial charge in [0.25, 0.3) is 12.0 Å². The Balaban J connectivity index is 3.41. The third kappa shape index (κ3) is 3.66. The monoisotopic (exact) mass is 287 g/mol. The van der Waals surface area contributed by atoms with Crippen LogP contribution < -0.4 is 10.3 Å². The summed E-state index contributed by atoms with van der Waals surface area (Å²) in [5, 5.41) is 0. The molecule has 0 spiro atoms. The number of esters is 1. The number of halogens is 5. The number of alkyl halides is 5. The number of carbonyl (C=O) groups excluding carboxylic acids is 1. The smallest absolute Gasteiger partial charge is 0.464 e. The molecule has 0 atom stereocenters. The van der Waals surface area contributed by atoms with Crippen LogP contribution in [-0.2, 0) is 4.74 Å². The minimum atomic E-state index is -5.22. The molecule has 1 rings (SSSR count). The maximum Gasteiger partial charge on any atom is 0.573 e. The van der Waals surface area contributed by atoms with E-state index in [0.29, 0.717) is 0 Å². The minimum Gasteiger partial charge on any atom is -0.464 e. The molecule has 106 valence electrons. The number of rotatable bonds is 3. The molecule has 0 amide bonds. The Hall–Kier alpha value is -2.13. The Morgan fingerprint density at radius 3 is 2.37 bits per heavy atom. The van der Waals surface area contributed by atoms with Crippen molar-refractivity contribution in [1.82, 2.24) is 4.98 Å². The number of carbonyl (C=O) groups is 1. The largest absolute Gasteiger partial charge is 0.573 e. The summed E-state index contributed by atoms with van der Waals surface area (Å²) >= 11 is 0. The molecular weight excluding hydrogens is 281 g/mol. The quantitative estimate of drug-likeness (QED) is 0.682. The van der Waals surface area contributed by atoms with Crippen molar-refractivity contribution in [1.29, 1.82) is 0 Å². The van der Waals surface area contributed by atoms with Gasteiger partial charge in [-0.05, 0) is 6.07 Å². The molecule has 0 radical (unpaired) electrons. The van der Waals surface area contributed by atoms with Crippen molar-refractivity contribution in [2.24, 2.45) is 0 Å². The zero-order valence-electron chi connectivity index (χ0n) is 9.18. The highest BCUT2D eigenvalue weighted by Crippen LogP contribution is 2.28. The van der Waals surface area contributed by atoms with Crippen LogP contribution in [0.3, 0.4) is 0 Å². The van der Waals surface area contributed by atoms with Gasteiger partial charge in [-0.2, -0.15) is 0 Å². The van der Waals surface area contributed by atoms with Crippen molar-refractivity contribution in [2.75, 3.05) is 7.11 Å². The summed E-state index contributed by atoms with van der Waals surface area (Å²) in [4.78, 5) is 23.8. The first-order valence-corrected chi connectivity index (χ1v) is 4.55. The van der Waals surface area contributed by atoms with Crippen LogP contribution in [0, 0.1) is 0 Å². The summed E-state index contributed by atoms with van der Waals surface area (Å²) in [6, 6.07) is 0.142. The Morgan fingerprint density at radius 2 is 1.95 bits per heavy atom. The third-order valence-corrected chi connectivity index (χ3v) is 1.88. The number of methoxy groups -OCH3 is 1. The standard InChI is InChI=1S/C9H6F5NO4/c1-18-8(17)5-4(19-9(12,13)14)2-3(6(10)11)7(16)15-5/h2,6H,1H3,(H,15,16). The van der Waals surface area contributed by atoms with E-state index < -0.39 is 41.3 Å². The van der Waals surface area contributed by atoms with Gasteiger partial charge in [-0.25, -0.2) is 13.6 Å². The molecule has 1 aromatic rings. The molecule has 0 bridgehead atoms. The lowest BCUT2D eigenvalue weighted by Crippen LogP contribution is -2.24. The number of pyridine rings is 1. The Labute approximate surface area is 101 Å².